The number of benzene rings is 2. The van der Waals surface area contributed by atoms with Crippen LogP contribution in [0, 0.1) is 0 Å². The normalized spacial score (nSPS) is 19.4. The van der Waals surface area contributed by atoms with Crippen molar-refractivity contribution in [1.82, 2.24) is 4.90 Å². The lowest BCUT2D eigenvalue weighted by atomic mass is 9.76. The monoisotopic (exact) mass is 310 g/mol. The number of rotatable bonds is 5. The lowest BCUT2D eigenvalue weighted by molar-refractivity contribution is -0.0426. The molecule has 3 heteroatoms. The third-order valence-corrected chi connectivity index (χ3v) is 5.06. The summed E-state index contributed by atoms with van der Waals surface area (Å²) in [5.41, 5.74) is 7.79. The van der Waals surface area contributed by atoms with Gasteiger partial charge in [0, 0.05) is 32.1 Å². The zero-order valence-electron chi connectivity index (χ0n) is 13.6. The van der Waals surface area contributed by atoms with E-state index in [2.05, 4.69) is 41.3 Å². The Balaban J connectivity index is 1.64. The van der Waals surface area contributed by atoms with Crippen LogP contribution in [0.2, 0.25) is 0 Å². The van der Waals surface area contributed by atoms with Crippen molar-refractivity contribution in [3.05, 3.63) is 71.8 Å². The van der Waals surface area contributed by atoms with Gasteiger partial charge >= 0.3 is 0 Å². The van der Waals surface area contributed by atoms with Crippen molar-refractivity contribution in [3.63, 3.8) is 0 Å². The summed E-state index contributed by atoms with van der Waals surface area (Å²) < 4.78 is 0. The molecule has 0 bridgehead atoms. The first-order chi connectivity index (χ1) is 11.2. The first kappa shape index (κ1) is 16.2. The van der Waals surface area contributed by atoms with Crippen molar-refractivity contribution in [2.75, 3.05) is 19.6 Å². The Labute approximate surface area is 138 Å². The molecule has 1 heterocycles. The fraction of sp³-hybridized carbons (Fsp3) is 0.400. The molecule has 0 aliphatic carbocycles. The molecular formula is C20H26N2O. The zero-order valence-corrected chi connectivity index (χ0v) is 13.6. The summed E-state index contributed by atoms with van der Waals surface area (Å²) in [7, 11) is 0. The quantitative estimate of drug-likeness (QED) is 0.893. The van der Waals surface area contributed by atoms with Crippen molar-refractivity contribution in [3.8, 4) is 0 Å². The number of hydrogen-bond donors (Lipinski definition) is 2. The molecule has 0 amide bonds. The largest absolute Gasteiger partial charge is 0.389 e. The average Bonchev–Trinajstić information content (AvgIpc) is 2.60. The van der Waals surface area contributed by atoms with E-state index >= 15 is 0 Å². The topological polar surface area (TPSA) is 49.5 Å². The highest BCUT2D eigenvalue weighted by atomic mass is 16.3. The van der Waals surface area contributed by atoms with Crippen molar-refractivity contribution >= 4 is 0 Å². The van der Waals surface area contributed by atoms with Crippen LogP contribution in [0.3, 0.4) is 0 Å². The summed E-state index contributed by atoms with van der Waals surface area (Å²) in [6.07, 6.45) is 1.55. The molecule has 3 nitrogen and oxygen atoms in total. The molecule has 0 radical (unpaired) electrons. The van der Waals surface area contributed by atoms with Gasteiger partial charge in [0.25, 0.3) is 0 Å². The van der Waals surface area contributed by atoms with Gasteiger partial charge in [-0.3, -0.25) is 4.90 Å². The third-order valence-electron chi connectivity index (χ3n) is 5.06. The van der Waals surface area contributed by atoms with E-state index in [1.807, 2.05) is 24.3 Å². The fourth-order valence-corrected chi connectivity index (χ4v) is 3.64. The lowest BCUT2D eigenvalue weighted by Gasteiger charge is -2.43. The highest BCUT2D eigenvalue weighted by Crippen LogP contribution is 2.36. The Morgan fingerprint density at radius 2 is 1.52 bits per heavy atom. The Hall–Kier alpha value is -1.68. The fourth-order valence-electron chi connectivity index (χ4n) is 3.64. The SMILES string of the molecule is NCC(c1ccccc1)C1(O)CCN(Cc2ccccc2)CC1. The third kappa shape index (κ3) is 3.81. The predicted molar refractivity (Wildman–Crippen MR) is 94.1 cm³/mol. The molecule has 1 aliphatic rings. The van der Waals surface area contributed by atoms with Crippen LogP contribution in [0.5, 0.6) is 0 Å². The van der Waals surface area contributed by atoms with Crippen LogP contribution in [0.1, 0.15) is 29.9 Å². The highest BCUT2D eigenvalue weighted by molar-refractivity contribution is 5.24. The van der Waals surface area contributed by atoms with Gasteiger partial charge in [0.05, 0.1) is 5.60 Å². The molecule has 1 unspecified atom stereocenters. The molecule has 0 aromatic heterocycles. The number of nitrogens with two attached hydrogens (primary N) is 1. The van der Waals surface area contributed by atoms with E-state index in [1.165, 1.54) is 5.56 Å². The molecule has 2 aromatic rings. The van der Waals surface area contributed by atoms with Gasteiger partial charge in [-0.2, -0.15) is 0 Å². The molecular weight excluding hydrogens is 284 g/mol. The summed E-state index contributed by atoms with van der Waals surface area (Å²) in [5.74, 6) is 0.0163. The van der Waals surface area contributed by atoms with Gasteiger partial charge in [0.1, 0.15) is 0 Å². The average molecular weight is 310 g/mol. The first-order valence-electron chi connectivity index (χ1n) is 8.45. The maximum Gasteiger partial charge on any atom is 0.0752 e. The minimum absolute atomic E-state index is 0.0163. The zero-order chi connectivity index (χ0) is 16.1. The van der Waals surface area contributed by atoms with Crippen molar-refractivity contribution < 1.29 is 5.11 Å². The maximum atomic E-state index is 11.2. The van der Waals surface area contributed by atoms with E-state index in [-0.39, 0.29) is 5.92 Å². The number of aliphatic hydroxyl groups is 1. The van der Waals surface area contributed by atoms with Crippen molar-refractivity contribution in [1.29, 1.82) is 0 Å². The smallest absolute Gasteiger partial charge is 0.0752 e. The summed E-state index contributed by atoms with van der Waals surface area (Å²) in [4.78, 5) is 2.42. The van der Waals surface area contributed by atoms with Crippen molar-refractivity contribution in [2.45, 2.75) is 30.9 Å². The summed E-state index contributed by atoms with van der Waals surface area (Å²) in [6.45, 7) is 3.26. The number of piperidine rings is 1. The van der Waals surface area contributed by atoms with Gasteiger partial charge in [0.15, 0.2) is 0 Å². The molecule has 0 saturated carbocycles. The van der Waals surface area contributed by atoms with E-state index in [9.17, 15) is 5.11 Å². The van der Waals surface area contributed by atoms with Crippen LogP contribution in [-0.2, 0) is 6.54 Å². The van der Waals surface area contributed by atoms with E-state index < -0.39 is 5.60 Å². The second-order valence-corrected chi connectivity index (χ2v) is 6.56. The van der Waals surface area contributed by atoms with Gasteiger partial charge in [-0.25, -0.2) is 0 Å². The molecule has 2 aromatic carbocycles. The van der Waals surface area contributed by atoms with Crippen LogP contribution in [0.25, 0.3) is 0 Å². The molecule has 1 aliphatic heterocycles. The van der Waals surface area contributed by atoms with Crippen LogP contribution in [0.4, 0.5) is 0 Å². The number of hydrogen-bond acceptors (Lipinski definition) is 3. The van der Waals surface area contributed by atoms with Crippen molar-refractivity contribution in [2.24, 2.45) is 5.73 Å². The molecule has 1 fully saturated rings. The Bertz CT molecular complexity index is 592. The predicted octanol–water partition coefficient (Wildman–Crippen LogP) is 2.76. The Morgan fingerprint density at radius 3 is 2.09 bits per heavy atom. The second kappa shape index (κ2) is 7.26. The van der Waals surface area contributed by atoms with E-state index in [0.29, 0.717) is 6.54 Å². The lowest BCUT2D eigenvalue weighted by Crippen LogP contribution is -2.49. The molecule has 122 valence electrons. The Kier molecular flexibility index (Phi) is 5.11. The van der Waals surface area contributed by atoms with E-state index in [1.54, 1.807) is 0 Å². The molecule has 3 N–H and O–H groups in total. The second-order valence-electron chi connectivity index (χ2n) is 6.56. The molecule has 0 spiro atoms. The highest BCUT2D eigenvalue weighted by Gasteiger charge is 2.39. The van der Waals surface area contributed by atoms with Gasteiger partial charge in [-0.15, -0.1) is 0 Å². The number of likely N-dealkylation sites (tertiary alicyclic amines) is 1. The van der Waals surface area contributed by atoms with Crippen LogP contribution < -0.4 is 5.73 Å². The molecule has 1 atom stereocenters. The van der Waals surface area contributed by atoms with Crippen LogP contribution >= 0.6 is 0 Å². The van der Waals surface area contributed by atoms with Crippen LogP contribution in [-0.4, -0.2) is 35.2 Å². The molecule has 3 rings (SSSR count). The van der Waals surface area contributed by atoms with E-state index in [4.69, 9.17) is 5.73 Å². The summed E-state index contributed by atoms with van der Waals surface area (Å²) in [6, 6.07) is 20.7. The van der Waals surface area contributed by atoms with Crippen LogP contribution in [0.15, 0.2) is 60.7 Å². The standard InChI is InChI=1S/C20H26N2O/c21-15-19(18-9-5-2-6-10-18)20(23)11-13-22(14-12-20)16-17-7-3-1-4-8-17/h1-10,19,23H,11-16,21H2. The van der Waals surface area contributed by atoms with Gasteiger partial charge in [-0.1, -0.05) is 60.7 Å². The minimum atomic E-state index is -0.691. The maximum absolute atomic E-state index is 11.2. The summed E-state index contributed by atoms with van der Waals surface area (Å²) in [5, 5.41) is 11.2. The van der Waals surface area contributed by atoms with Gasteiger partial charge < -0.3 is 10.8 Å². The molecule has 1 saturated heterocycles. The number of nitrogens with zero attached hydrogens (tertiary/aromatic N) is 1. The van der Waals surface area contributed by atoms with E-state index in [0.717, 1.165) is 38.0 Å². The summed E-state index contributed by atoms with van der Waals surface area (Å²) >= 11 is 0. The molecule has 23 heavy (non-hydrogen) atoms. The first-order valence-corrected chi connectivity index (χ1v) is 8.45. The van der Waals surface area contributed by atoms with Gasteiger partial charge in [-0.05, 0) is 24.0 Å². The minimum Gasteiger partial charge on any atom is -0.389 e. The Morgan fingerprint density at radius 1 is 0.957 bits per heavy atom. The van der Waals surface area contributed by atoms with Gasteiger partial charge in [0.2, 0.25) is 0 Å².